The van der Waals surface area contributed by atoms with Gasteiger partial charge in [-0.25, -0.2) is 4.79 Å². The SMILES string of the molecule is CCOC(=O)O.COS(=O)(=O)O. The first kappa shape index (κ1) is 13.7. The molecule has 0 aliphatic heterocycles. The molecule has 0 aromatic heterocycles. The molecule has 0 radical (unpaired) electrons. The van der Waals surface area contributed by atoms with Crippen molar-refractivity contribution in [2.24, 2.45) is 0 Å². The summed E-state index contributed by atoms with van der Waals surface area (Å²) in [5.74, 6) is 0. The summed E-state index contributed by atoms with van der Waals surface area (Å²) in [5.41, 5.74) is 0. The van der Waals surface area contributed by atoms with Crippen molar-refractivity contribution in [1.82, 2.24) is 0 Å². The van der Waals surface area contributed by atoms with Gasteiger partial charge >= 0.3 is 16.6 Å². The van der Waals surface area contributed by atoms with E-state index in [0.717, 1.165) is 7.11 Å². The molecule has 0 saturated carbocycles. The van der Waals surface area contributed by atoms with Crippen LogP contribution in [0, 0.1) is 0 Å². The van der Waals surface area contributed by atoms with Crippen molar-refractivity contribution in [2.75, 3.05) is 13.7 Å². The Morgan fingerprint density at radius 2 is 1.83 bits per heavy atom. The molecular weight excluding hydrogens is 192 g/mol. The molecule has 8 heteroatoms. The molecular formula is C4H10O7S. The van der Waals surface area contributed by atoms with E-state index < -0.39 is 16.6 Å². The van der Waals surface area contributed by atoms with Crippen molar-refractivity contribution in [3.63, 3.8) is 0 Å². The van der Waals surface area contributed by atoms with Gasteiger partial charge in [0.2, 0.25) is 0 Å². The first-order valence-corrected chi connectivity index (χ1v) is 4.08. The third-order valence-corrected chi connectivity index (χ3v) is 0.900. The first-order valence-electron chi connectivity index (χ1n) is 2.72. The molecule has 0 unspecified atom stereocenters. The van der Waals surface area contributed by atoms with Gasteiger partial charge in [0.05, 0.1) is 13.7 Å². The Bertz CT molecular complexity index is 205. The molecule has 0 bridgehead atoms. The van der Waals surface area contributed by atoms with Gasteiger partial charge < -0.3 is 9.84 Å². The highest BCUT2D eigenvalue weighted by atomic mass is 32.3. The highest BCUT2D eigenvalue weighted by molar-refractivity contribution is 7.80. The van der Waals surface area contributed by atoms with Crippen LogP contribution in [0.25, 0.3) is 0 Å². The van der Waals surface area contributed by atoms with Crippen LogP contribution in [0.15, 0.2) is 0 Å². The van der Waals surface area contributed by atoms with Gasteiger partial charge in [0.25, 0.3) is 0 Å². The van der Waals surface area contributed by atoms with Gasteiger partial charge in [-0.1, -0.05) is 0 Å². The van der Waals surface area contributed by atoms with E-state index >= 15 is 0 Å². The summed E-state index contributed by atoms with van der Waals surface area (Å²) in [7, 11) is -3.29. The van der Waals surface area contributed by atoms with Crippen LogP contribution in [0.2, 0.25) is 0 Å². The summed E-state index contributed by atoms with van der Waals surface area (Å²) in [6.07, 6.45) is -1.21. The number of ether oxygens (including phenoxy) is 1. The molecule has 74 valence electrons. The van der Waals surface area contributed by atoms with Crippen LogP contribution in [-0.4, -0.2) is 37.9 Å². The number of hydrogen-bond acceptors (Lipinski definition) is 5. The van der Waals surface area contributed by atoms with E-state index in [-0.39, 0.29) is 6.61 Å². The zero-order chi connectivity index (χ0) is 10.2. The molecule has 0 heterocycles. The smallest absolute Gasteiger partial charge is 0.450 e. The van der Waals surface area contributed by atoms with Crippen molar-refractivity contribution in [1.29, 1.82) is 0 Å². The maximum absolute atomic E-state index is 9.38. The van der Waals surface area contributed by atoms with E-state index in [4.69, 9.17) is 9.66 Å². The fourth-order valence-corrected chi connectivity index (χ4v) is 0.123. The fraction of sp³-hybridized carbons (Fsp3) is 0.750. The van der Waals surface area contributed by atoms with Crippen molar-refractivity contribution in [3.05, 3.63) is 0 Å². The largest absolute Gasteiger partial charge is 0.505 e. The summed E-state index contributed by atoms with van der Waals surface area (Å²) in [4.78, 5) is 9.38. The van der Waals surface area contributed by atoms with Crippen molar-refractivity contribution >= 4 is 16.6 Å². The monoisotopic (exact) mass is 202 g/mol. The first-order chi connectivity index (χ1) is 5.33. The van der Waals surface area contributed by atoms with Gasteiger partial charge in [-0.3, -0.25) is 8.74 Å². The Morgan fingerprint density at radius 3 is 1.83 bits per heavy atom. The fourth-order valence-electron chi connectivity index (χ4n) is 0.123. The highest BCUT2D eigenvalue weighted by Gasteiger charge is 1.94. The predicted octanol–water partition coefficient (Wildman–Crippen LogP) is 0.137. The van der Waals surface area contributed by atoms with Gasteiger partial charge in [-0.2, -0.15) is 8.42 Å². The van der Waals surface area contributed by atoms with Crippen LogP contribution in [0.3, 0.4) is 0 Å². The maximum Gasteiger partial charge on any atom is 0.505 e. The minimum absolute atomic E-state index is 0.231. The van der Waals surface area contributed by atoms with Crippen LogP contribution in [0.4, 0.5) is 4.79 Å². The zero-order valence-corrected chi connectivity index (χ0v) is 7.37. The lowest BCUT2D eigenvalue weighted by molar-refractivity contribution is 0.0966. The van der Waals surface area contributed by atoms with Gasteiger partial charge in [0.15, 0.2) is 0 Å². The van der Waals surface area contributed by atoms with Gasteiger partial charge in [0, 0.05) is 0 Å². The lowest BCUT2D eigenvalue weighted by Gasteiger charge is -1.87. The standard InChI is InChI=1S/C3H6O3.CH4O4S/c1-2-6-3(4)5;1-5-6(2,3)4/h2H2,1H3,(H,4,5);1H3,(H,2,3,4). The number of rotatable bonds is 2. The molecule has 0 aliphatic carbocycles. The van der Waals surface area contributed by atoms with Crippen LogP contribution in [-0.2, 0) is 19.3 Å². The molecule has 7 nitrogen and oxygen atoms in total. The Labute approximate surface area is 69.9 Å². The summed E-state index contributed by atoms with van der Waals surface area (Å²) in [6, 6.07) is 0. The normalized spacial score (nSPS) is 9.58. The topological polar surface area (TPSA) is 110 Å². The van der Waals surface area contributed by atoms with E-state index in [0.29, 0.717) is 0 Å². The molecule has 0 rings (SSSR count). The molecule has 0 spiro atoms. The van der Waals surface area contributed by atoms with Crippen molar-refractivity contribution < 1.29 is 31.8 Å². The molecule has 0 atom stereocenters. The molecule has 0 fully saturated rings. The number of carboxylic acid groups (broad SMARTS) is 1. The second kappa shape index (κ2) is 6.83. The maximum atomic E-state index is 9.38. The van der Waals surface area contributed by atoms with Crippen molar-refractivity contribution in [2.45, 2.75) is 6.92 Å². The van der Waals surface area contributed by atoms with Gasteiger partial charge in [-0.05, 0) is 6.92 Å². The van der Waals surface area contributed by atoms with E-state index in [1.165, 1.54) is 0 Å². The molecule has 0 aromatic carbocycles. The minimum Gasteiger partial charge on any atom is -0.450 e. The van der Waals surface area contributed by atoms with Crippen LogP contribution in [0.5, 0.6) is 0 Å². The Balaban J connectivity index is 0. The molecule has 0 aliphatic rings. The minimum atomic E-state index is -4.16. The molecule has 12 heavy (non-hydrogen) atoms. The van der Waals surface area contributed by atoms with E-state index in [9.17, 15) is 13.2 Å². The number of carbonyl (C=O) groups is 1. The third-order valence-electron chi connectivity index (χ3n) is 0.478. The lowest BCUT2D eigenvalue weighted by Crippen LogP contribution is -1.97. The van der Waals surface area contributed by atoms with E-state index in [1.807, 2.05) is 0 Å². The van der Waals surface area contributed by atoms with Crippen LogP contribution >= 0.6 is 0 Å². The van der Waals surface area contributed by atoms with Gasteiger partial charge in [-0.15, -0.1) is 0 Å². The third kappa shape index (κ3) is 22.9. The van der Waals surface area contributed by atoms with Gasteiger partial charge in [0.1, 0.15) is 0 Å². The van der Waals surface area contributed by atoms with Crippen molar-refractivity contribution in [3.8, 4) is 0 Å². The summed E-state index contributed by atoms with van der Waals surface area (Å²) < 4.78 is 33.7. The summed E-state index contributed by atoms with van der Waals surface area (Å²) in [6.45, 7) is 1.85. The quantitative estimate of drug-likeness (QED) is 0.483. The molecule has 2 N–H and O–H groups in total. The summed E-state index contributed by atoms with van der Waals surface area (Å²) in [5, 5.41) is 7.69. The second-order valence-electron chi connectivity index (χ2n) is 1.29. The molecule has 0 aromatic rings. The lowest BCUT2D eigenvalue weighted by atomic mass is 10.9. The zero-order valence-electron chi connectivity index (χ0n) is 6.55. The second-order valence-corrected chi connectivity index (χ2v) is 2.48. The van der Waals surface area contributed by atoms with Crippen LogP contribution in [0.1, 0.15) is 6.92 Å². The molecule has 0 saturated heterocycles. The van der Waals surface area contributed by atoms with E-state index in [2.05, 4.69) is 8.92 Å². The number of hydrogen-bond donors (Lipinski definition) is 2. The average Bonchev–Trinajstić information content (AvgIpc) is 1.87. The Kier molecular flexibility index (Phi) is 7.80. The summed E-state index contributed by atoms with van der Waals surface area (Å²) >= 11 is 0. The Morgan fingerprint density at radius 1 is 1.50 bits per heavy atom. The average molecular weight is 202 g/mol. The predicted molar refractivity (Wildman–Crippen MR) is 38.2 cm³/mol. The van der Waals surface area contributed by atoms with E-state index in [1.54, 1.807) is 6.92 Å². The van der Waals surface area contributed by atoms with Crippen LogP contribution < -0.4 is 0 Å². The molecule has 0 amide bonds. The Hall–Kier alpha value is -0.860. The highest BCUT2D eigenvalue weighted by Crippen LogP contribution is 1.74.